The molecule has 3 heteroatoms. The number of hydrogen-bond acceptors (Lipinski definition) is 3. The second-order valence-electron chi connectivity index (χ2n) is 2.79. The lowest BCUT2D eigenvalue weighted by atomic mass is 10.2. The van der Waals surface area contributed by atoms with E-state index in [2.05, 4.69) is 12.3 Å². The number of ether oxygens (including phenoxy) is 1. The zero-order valence-corrected chi connectivity index (χ0v) is 7.93. The average Bonchev–Trinajstić information content (AvgIpc) is 2.48. The zero-order chi connectivity index (χ0) is 9.26. The number of hydrogen-bond donors (Lipinski definition) is 0. The Kier molecular flexibility index (Phi) is 2.02. The van der Waals surface area contributed by atoms with Crippen LogP contribution in [0.2, 0.25) is 0 Å². The van der Waals surface area contributed by atoms with Gasteiger partial charge in [0.15, 0.2) is 0 Å². The number of thiophene rings is 1. The molecule has 1 aromatic heterocycles. The van der Waals surface area contributed by atoms with Crippen LogP contribution >= 0.6 is 11.3 Å². The molecule has 0 bridgehead atoms. The van der Waals surface area contributed by atoms with Gasteiger partial charge in [0.05, 0.1) is 0 Å². The van der Waals surface area contributed by atoms with Crippen molar-refractivity contribution < 1.29 is 9.53 Å². The van der Waals surface area contributed by atoms with Crippen molar-refractivity contribution in [1.82, 2.24) is 0 Å². The van der Waals surface area contributed by atoms with Crippen LogP contribution in [0.4, 0.5) is 0 Å². The summed E-state index contributed by atoms with van der Waals surface area (Å²) >= 11 is 1.66. The van der Waals surface area contributed by atoms with Gasteiger partial charge in [-0.25, -0.2) is 0 Å². The maximum Gasteiger partial charge on any atom is 0.298 e. The predicted octanol–water partition coefficient (Wildman–Crippen LogP) is 2.74. The summed E-state index contributed by atoms with van der Waals surface area (Å²) in [4.78, 5) is 10.1. The second-order valence-corrected chi connectivity index (χ2v) is 3.70. The zero-order valence-electron chi connectivity index (χ0n) is 7.11. The summed E-state index contributed by atoms with van der Waals surface area (Å²) in [5.41, 5.74) is 1.26. The summed E-state index contributed by atoms with van der Waals surface area (Å²) < 4.78 is 5.90. The van der Waals surface area contributed by atoms with Crippen molar-refractivity contribution in [3.8, 4) is 5.75 Å². The fourth-order valence-electron chi connectivity index (χ4n) is 1.27. The molecule has 0 unspecified atom stereocenters. The van der Waals surface area contributed by atoms with E-state index in [1.54, 1.807) is 17.4 Å². The molecule has 0 amide bonds. The van der Waals surface area contributed by atoms with Crippen molar-refractivity contribution in [2.45, 2.75) is 6.92 Å². The van der Waals surface area contributed by atoms with Crippen molar-refractivity contribution in [3.63, 3.8) is 0 Å². The van der Waals surface area contributed by atoms with Crippen molar-refractivity contribution in [2.24, 2.45) is 0 Å². The second kappa shape index (κ2) is 3.18. The van der Waals surface area contributed by atoms with E-state index in [1.807, 2.05) is 12.1 Å². The Bertz CT molecular complexity index is 445. The van der Waals surface area contributed by atoms with E-state index in [1.165, 1.54) is 10.9 Å². The van der Waals surface area contributed by atoms with Crippen LogP contribution in [0, 0.1) is 6.92 Å². The first-order valence-corrected chi connectivity index (χ1v) is 4.77. The molecule has 1 aromatic carbocycles. The van der Waals surface area contributed by atoms with Crippen LogP contribution in [0.1, 0.15) is 5.56 Å². The Balaban J connectivity index is 2.56. The first kappa shape index (κ1) is 8.26. The van der Waals surface area contributed by atoms with Gasteiger partial charge < -0.3 is 4.74 Å². The highest BCUT2D eigenvalue weighted by Gasteiger charge is 2.01. The fourth-order valence-corrected chi connectivity index (χ4v) is 2.24. The van der Waals surface area contributed by atoms with E-state index in [0.29, 0.717) is 12.2 Å². The standard InChI is InChI=1S/C10H8O2S/c1-7-5-13-10-4-8(12-6-11)2-3-9(7)10/h2-6H,1H3. The first-order chi connectivity index (χ1) is 6.31. The largest absolute Gasteiger partial charge is 0.429 e. The van der Waals surface area contributed by atoms with E-state index in [-0.39, 0.29) is 0 Å². The quantitative estimate of drug-likeness (QED) is 0.684. The number of carbonyl (C=O) groups is 1. The first-order valence-electron chi connectivity index (χ1n) is 3.89. The highest BCUT2D eigenvalue weighted by atomic mass is 32.1. The molecule has 2 nitrogen and oxygen atoms in total. The van der Waals surface area contributed by atoms with E-state index >= 15 is 0 Å². The Morgan fingerprint density at radius 2 is 2.31 bits per heavy atom. The molecule has 0 aliphatic rings. The van der Waals surface area contributed by atoms with Crippen LogP contribution in [0.15, 0.2) is 23.6 Å². The summed E-state index contributed by atoms with van der Waals surface area (Å²) in [6.45, 7) is 2.51. The molecule has 0 spiro atoms. The van der Waals surface area contributed by atoms with Gasteiger partial charge >= 0.3 is 0 Å². The average molecular weight is 192 g/mol. The van der Waals surface area contributed by atoms with Gasteiger partial charge in [0.1, 0.15) is 5.75 Å². The van der Waals surface area contributed by atoms with Crippen molar-refractivity contribution >= 4 is 27.9 Å². The molecule has 0 atom stereocenters. The number of rotatable bonds is 2. The topological polar surface area (TPSA) is 26.3 Å². The summed E-state index contributed by atoms with van der Waals surface area (Å²) in [6, 6.07) is 5.65. The minimum atomic E-state index is 0.446. The third-order valence-electron chi connectivity index (χ3n) is 1.92. The number of fused-ring (bicyclic) bond motifs is 1. The third kappa shape index (κ3) is 1.42. The number of carbonyl (C=O) groups excluding carboxylic acids is 1. The van der Waals surface area contributed by atoms with Gasteiger partial charge in [0, 0.05) is 4.70 Å². The van der Waals surface area contributed by atoms with Crippen LogP contribution in [0.25, 0.3) is 10.1 Å². The van der Waals surface area contributed by atoms with Crippen LogP contribution in [-0.2, 0) is 4.79 Å². The molecule has 2 rings (SSSR count). The molecule has 66 valence electrons. The van der Waals surface area contributed by atoms with Gasteiger partial charge in [-0.2, -0.15) is 0 Å². The molecule has 0 N–H and O–H groups in total. The lowest BCUT2D eigenvalue weighted by Crippen LogP contribution is -1.86. The fraction of sp³-hybridized carbons (Fsp3) is 0.100. The van der Waals surface area contributed by atoms with Gasteiger partial charge in [0.25, 0.3) is 6.47 Å². The van der Waals surface area contributed by atoms with Gasteiger partial charge in [0.2, 0.25) is 0 Å². The Morgan fingerprint density at radius 3 is 3.08 bits per heavy atom. The molecular formula is C10H8O2S. The maximum absolute atomic E-state index is 10.1. The van der Waals surface area contributed by atoms with Crippen molar-refractivity contribution in [1.29, 1.82) is 0 Å². The number of aryl methyl sites for hydroxylation is 1. The van der Waals surface area contributed by atoms with E-state index in [0.717, 1.165) is 4.70 Å². The van der Waals surface area contributed by atoms with Crippen molar-refractivity contribution in [3.05, 3.63) is 29.1 Å². The van der Waals surface area contributed by atoms with Crippen molar-refractivity contribution in [2.75, 3.05) is 0 Å². The molecule has 1 heterocycles. The Morgan fingerprint density at radius 1 is 1.46 bits per heavy atom. The summed E-state index contributed by atoms with van der Waals surface area (Å²) in [6.07, 6.45) is 0. The van der Waals surface area contributed by atoms with Gasteiger partial charge in [-0.1, -0.05) is 0 Å². The molecular weight excluding hydrogens is 184 g/mol. The van der Waals surface area contributed by atoms with E-state index in [4.69, 9.17) is 4.74 Å². The predicted molar refractivity (Wildman–Crippen MR) is 53.3 cm³/mol. The van der Waals surface area contributed by atoms with Gasteiger partial charge in [-0.05, 0) is 41.5 Å². The maximum atomic E-state index is 10.1. The molecule has 0 saturated heterocycles. The molecule has 0 aliphatic heterocycles. The Labute approximate surface area is 79.8 Å². The highest BCUT2D eigenvalue weighted by molar-refractivity contribution is 7.17. The SMILES string of the molecule is Cc1csc2cc(OC=O)ccc12. The van der Waals surface area contributed by atoms with Gasteiger partial charge in [-0.3, -0.25) is 4.79 Å². The van der Waals surface area contributed by atoms with Gasteiger partial charge in [-0.15, -0.1) is 11.3 Å². The molecule has 2 aromatic rings. The lowest BCUT2D eigenvalue weighted by Gasteiger charge is -1.96. The third-order valence-corrected chi connectivity index (χ3v) is 2.99. The van der Waals surface area contributed by atoms with Crippen LogP contribution in [0.3, 0.4) is 0 Å². The van der Waals surface area contributed by atoms with E-state index < -0.39 is 0 Å². The molecule has 0 radical (unpaired) electrons. The summed E-state index contributed by atoms with van der Waals surface area (Å²) in [7, 11) is 0. The number of benzene rings is 1. The molecule has 0 saturated carbocycles. The minimum Gasteiger partial charge on any atom is -0.429 e. The Hall–Kier alpha value is -1.35. The van der Waals surface area contributed by atoms with E-state index in [9.17, 15) is 4.79 Å². The van der Waals surface area contributed by atoms with Crippen LogP contribution in [0.5, 0.6) is 5.75 Å². The molecule has 13 heavy (non-hydrogen) atoms. The van der Waals surface area contributed by atoms with Crippen LogP contribution in [-0.4, -0.2) is 6.47 Å². The monoisotopic (exact) mass is 192 g/mol. The normalized spacial score (nSPS) is 10.2. The summed E-state index contributed by atoms with van der Waals surface area (Å²) in [5.74, 6) is 0.601. The molecule has 0 fully saturated rings. The molecule has 0 aliphatic carbocycles. The minimum absolute atomic E-state index is 0.446. The van der Waals surface area contributed by atoms with Crippen LogP contribution < -0.4 is 4.74 Å². The highest BCUT2D eigenvalue weighted by Crippen LogP contribution is 2.28. The smallest absolute Gasteiger partial charge is 0.298 e. The summed E-state index contributed by atoms with van der Waals surface area (Å²) in [5, 5.41) is 3.32. The lowest BCUT2D eigenvalue weighted by molar-refractivity contribution is -0.120.